The van der Waals surface area contributed by atoms with E-state index in [1.807, 2.05) is 0 Å². The van der Waals surface area contributed by atoms with E-state index in [-0.39, 0.29) is 34.7 Å². The Morgan fingerprint density at radius 1 is 1.38 bits per heavy atom. The monoisotopic (exact) mass is 352 g/mol. The summed E-state index contributed by atoms with van der Waals surface area (Å²) >= 11 is 0. The first kappa shape index (κ1) is 16.6. The first-order valence-electron chi connectivity index (χ1n) is 7.17. The molecule has 1 aromatic heterocycles. The molecule has 1 aliphatic carbocycles. The van der Waals surface area contributed by atoms with E-state index in [1.54, 1.807) is 0 Å². The topological polar surface area (TPSA) is 63.7 Å². The van der Waals surface area contributed by atoms with Gasteiger partial charge in [-0.05, 0) is 31.0 Å². The van der Waals surface area contributed by atoms with Crippen LogP contribution >= 0.6 is 0 Å². The zero-order valence-corrected chi connectivity index (χ0v) is 13.5. The number of aliphatic hydroxyl groups excluding tert-OH is 1. The number of sulfone groups is 1. The summed E-state index contributed by atoms with van der Waals surface area (Å²) in [6.45, 7) is 7.01. The minimum absolute atomic E-state index is 0.0184. The van der Waals surface area contributed by atoms with Gasteiger partial charge in [0, 0.05) is 29.4 Å². The molecule has 1 aliphatic rings. The third-order valence-electron chi connectivity index (χ3n) is 4.08. The van der Waals surface area contributed by atoms with Crippen molar-refractivity contribution in [2.24, 2.45) is 0 Å². The SMILES string of the molecule is [C-]#[N+]c1cc(F)cc(-n2cc(S(C)(=O)=O)c3c2CCC(F)C3O)c1. The number of hydrogen-bond donors (Lipinski definition) is 1. The van der Waals surface area contributed by atoms with Gasteiger partial charge in [-0.15, -0.1) is 0 Å². The molecule has 0 radical (unpaired) electrons. The molecule has 2 unspecified atom stereocenters. The van der Waals surface area contributed by atoms with Gasteiger partial charge in [0.15, 0.2) is 15.5 Å². The maximum Gasteiger partial charge on any atom is 0.192 e. The second-order valence-electron chi connectivity index (χ2n) is 5.77. The highest BCUT2D eigenvalue weighted by Gasteiger charge is 2.36. The lowest BCUT2D eigenvalue weighted by atomic mass is 9.93. The van der Waals surface area contributed by atoms with Crippen molar-refractivity contribution in [3.8, 4) is 5.69 Å². The van der Waals surface area contributed by atoms with E-state index in [4.69, 9.17) is 6.57 Å². The van der Waals surface area contributed by atoms with Crippen molar-refractivity contribution in [1.82, 2.24) is 4.57 Å². The van der Waals surface area contributed by atoms with E-state index in [2.05, 4.69) is 4.85 Å². The molecule has 2 aromatic rings. The molecule has 0 spiro atoms. The average Bonchev–Trinajstić information content (AvgIpc) is 2.90. The molecular formula is C16H14F2N2O3S. The first-order chi connectivity index (χ1) is 11.2. The first-order valence-corrected chi connectivity index (χ1v) is 9.06. The summed E-state index contributed by atoms with van der Waals surface area (Å²) in [5.74, 6) is -0.637. The summed E-state index contributed by atoms with van der Waals surface area (Å²) in [7, 11) is -3.72. The van der Waals surface area contributed by atoms with Crippen molar-refractivity contribution in [3.63, 3.8) is 0 Å². The Hall–Kier alpha value is -2.24. The fourth-order valence-corrected chi connectivity index (χ4v) is 3.95. The lowest BCUT2D eigenvalue weighted by molar-refractivity contribution is 0.0617. The third-order valence-corrected chi connectivity index (χ3v) is 5.21. The Balaban J connectivity index is 2.30. The molecule has 5 nitrogen and oxygen atoms in total. The summed E-state index contributed by atoms with van der Waals surface area (Å²) in [5.41, 5.74) is 0.757. The highest BCUT2D eigenvalue weighted by atomic mass is 32.2. The van der Waals surface area contributed by atoms with Crippen LogP contribution in [0.25, 0.3) is 10.5 Å². The molecule has 0 saturated heterocycles. The zero-order valence-electron chi connectivity index (χ0n) is 12.7. The second-order valence-corrected chi connectivity index (χ2v) is 7.76. The van der Waals surface area contributed by atoms with Gasteiger partial charge in [0.25, 0.3) is 0 Å². The van der Waals surface area contributed by atoms with E-state index in [0.717, 1.165) is 18.4 Å². The maximum atomic E-state index is 13.9. The molecule has 2 atom stereocenters. The lowest BCUT2D eigenvalue weighted by Crippen LogP contribution is -2.23. The number of rotatable bonds is 2. The van der Waals surface area contributed by atoms with Crippen LogP contribution < -0.4 is 0 Å². The van der Waals surface area contributed by atoms with Crippen LogP contribution in [0.3, 0.4) is 0 Å². The smallest absolute Gasteiger partial charge is 0.192 e. The van der Waals surface area contributed by atoms with Gasteiger partial charge in [-0.1, -0.05) is 0 Å². The van der Waals surface area contributed by atoms with Crippen LogP contribution in [0, 0.1) is 12.4 Å². The zero-order chi connectivity index (χ0) is 17.6. The van der Waals surface area contributed by atoms with Gasteiger partial charge in [0.1, 0.15) is 18.1 Å². The van der Waals surface area contributed by atoms with Crippen LogP contribution in [0.5, 0.6) is 0 Å². The van der Waals surface area contributed by atoms with Crippen LogP contribution in [-0.4, -0.2) is 30.5 Å². The fraction of sp³-hybridized carbons (Fsp3) is 0.312. The Kier molecular flexibility index (Phi) is 3.94. The van der Waals surface area contributed by atoms with Crippen molar-refractivity contribution in [2.75, 3.05) is 6.26 Å². The predicted molar refractivity (Wildman–Crippen MR) is 83.3 cm³/mol. The Labute approximate surface area is 137 Å². The standard InChI is InChI=1S/C16H14F2N2O3S/c1-19-10-5-9(17)6-11(7-10)20-8-14(24(2,22)23)15-13(20)4-3-12(18)16(15)21/h5-8,12,16,21H,3-4H2,2H3. The van der Waals surface area contributed by atoms with E-state index in [9.17, 15) is 22.3 Å². The summed E-state index contributed by atoms with van der Waals surface area (Å²) < 4.78 is 53.1. The average molecular weight is 352 g/mol. The molecule has 3 rings (SSSR count). The Morgan fingerprint density at radius 2 is 2.08 bits per heavy atom. The highest BCUT2D eigenvalue weighted by molar-refractivity contribution is 7.90. The molecular weight excluding hydrogens is 338 g/mol. The van der Waals surface area contributed by atoms with Gasteiger partial charge in [-0.3, -0.25) is 0 Å². The number of fused-ring (bicyclic) bond motifs is 1. The van der Waals surface area contributed by atoms with E-state index in [1.165, 1.54) is 16.8 Å². The van der Waals surface area contributed by atoms with Gasteiger partial charge >= 0.3 is 0 Å². The van der Waals surface area contributed by atoms with Crippen LogP contribution in [0.4, 0.5) is 14.5 Å². The van der Waals surface area contributed by atoms with E-state index >= 15 is 0 Å². The number of alkyl halides is 1. The van der Waals surface area contributed by atoms with Crippen molar-refractivity contribution >= 4 is 15.5 Å². The summed E-state index contributed by atoms with van der Waals surface area (Å²) in [6, 6.07) is 3.64. The number of aliphatic hydroxyl groups is 1. The Bertz CT molecular complexity index is 960. The summed E-state index contributed by atoms with van der Waals surface area (Å²) in [4.78, 5) is 3.00. The van der Waals surface area contributed by atoms with Crippen molar-refractivity contribution in [3.05, 3.63) is 52.9 Å². The largest absolute Gasteiger partial charge is 0.385 e. The van der Waals surface area contributed by atoms with Gasteiger partial charge in [-0.2, -0.15) is 0 Å². The van der Waals surface area contributed by atoms with Crippen LogP contribution in [-0.2, 0) is 16.3 Å². The molecule has 1 aromatic carbocycles. The number of benzene rings is 1. The fourth-order valence-electron chi connectivity index (χ4n) is 3.01. The number of hydrogen-bond acceptors (Lipinski definition) is 3. The number of halogens is 2. The molecule has 1 heterocycles. The maximum absolute atomic E-state index is 13.9. The van der Waals surface area contributed by atoms with Crippen LogP contribution in [0.1, 0.15) is 23.8 Å². The normalized spacial score (nSPS) is 20.5. The molecule has 1 N–H and O–H groups in total. The lowest BCUT2D eigenvalue weighted by Gasteiger charge is -2.24. The molecule has 0 saturated carbocycles. The second kappa shape index (κ2) is 5.69. The van der Waals surface area contributed by atoms with Crippen molar-refractivity contribution in [2.45, 2.75) is 30.0 Å². The van der Waals surface area contributed by atoms with E-state index < -0.39 is 27.9 Å². The number of aromatic nitrogens is 1. The molecule has 0 amide bonds. The van der Waals surface area contributed by atoms with E-state index in [0.29, 0.717) is 5.69 Å². The molecule has 24 heavy (non-hydrogen) atoms. The number of nitrogens with zero attached hydrogens (tertiary/aromatic N) is 2. The molecule has 126 valence electrons. The quantitative estimate of drug-likeness (QED) is 0.846. The van der Waals surface area contributed by atoms with Crippen molar-refractivity contribution < 1.29 is 22.3 Å². The highest BCUT2D eigenvalue weighted by Crippen LogP contribution is 2.39. The van der Waals surface area contributed by atoms with Gasteiger partial charge in [0.2, 0.25) is 0 Å². The molecule has 0 bridgehead atoms. The van der Waals surface area contributed by atoms with Crippen molar-refractivity contribution in [1.29, 1.82) is 0 Å². The predicted octanol–water partition coefficient (Wildman–Crippen LogP) is 2.89. The van der Waals surface area contributed by atoms with Gasteiger partial charge < -0.3 is 9.67 Å². The minimum Gasteiger partial charge on any atom is -0.385 e. The summed E-state index contributed by atoms with van der Waals surface area (Å²) in [6.07, 6.45) is -0.644. The molecule has 0 aliphatic heterocycles. The minimum atomic E-state index is -3.72. The molecule has 8 heteroatoms. The van der Waals surface area contributed by atoms with Crippen LogP contribution in [0.2, 0.25) is 0 Å². The van der Waals surface area contributed by atoms with Gasteiger partial charge in [0.05, 0.1) is 11.5 Å². The van der Waals surface area contributed by atoms with Gasteiger partial charge in [-0.25, -0.2) is 22.0 Å². The molecule has 0 fully saturated rings. The third kappa shape index (κ3) is 2.70. The summed E-state index contributed by atoms with van der Waals surface area (Å²) in [5, 5.41) is 10.1. The Morgan fingerprint density at radius 3 is 2.71 bits per heavy atom. The van der Waals surface area contributed by atoms with Crippen LogP contribution in [0.15, 0.2) is 29.3 Å².